The van der Waals surface area contributed by atoms with E-state index < -0.39 is 0 Å². The highest BCUT2D eigenvalue weighted by atomic mass is 32.2. The minimum atomic E-state index is 0.294. The third-order valence-corrected chi connectivity index (χ3v) is 6.70. The van der Waals surface area contributed by atoms with Gasteiger partial charge in [-0.2, -0.15) is 0 Å². The van der Waals surface area contributed by atoms with Gasteiger partial charge in [-0.3, -0.25) is 4.79 Å². The molecule has 5 nitrogen and oxygen atoms in total. The summed E-state index contributed by atoms with van der Waals surface area (Å²) in [6.07, 6.45) is 10.1. The fraction of sp³-hybridized carbons (Fsp3) is 0.824. The first kappa shape index (κ1) is 15.5. The molecule has 2 atom stereocenters. The van der Waals surface area contributed by atoms with E-state index in [9.17, 15) is 4.79 Å². The zero-order chi connectivity index (χ0) is 15.8. The van der Waals surface area contributed by atoms with E-state index in [4.69, 9.17) is 0 Å². The standard InChI is InChI=1S/C17H26N4OS/c1-20-16(13-8-9-13)18-19-17(20)23-11-15(22)21-10-4-6-12-5-2-3-7-14(12)21/h12-14H,2-11H2,1H3/t12-,14+/m1/s1. The van der Waals surface area contributed by atoms with Crippen LogP contribution in [0.2, 0.25) is 0 Å². The molecule has 1 aromatic rings. The number of aromatic nitrogens is 3. The lowest BCUT2D eigenvalue weighted by atomic mass is 9.78. The molecule has 126 valence electrons. The van der Waals surface area contributed by atoms with E-state index in [1.54, 1.807) is 11.8 Å². The monoisotopic (exact) mass is 334 g/mol. The molecule has 0 radical (unpaired) electrons. The van der Waals surface area contributed by atoms with Gasteiger partial charge in [-0.25, -0.2) is 0 Å². The predicted molar refractivity (Wildman–Crippen MR) is 90.4 cm³/mol. The Labute approximate surface area is 142 Å². The first-order chi connectivity index (χ1) is 11.2. The molecule has 0 bridgehead atoms. The molecule has 2 aliphatic carbocycles. The number of likely N-dealkylation sites (tertiary alicyclic amines) is 1. The van der Waals surface area contributed by atoms with Crippen LogP contribution in [-0.4, -0.2) is 43.9 Å². The zero-order valence-electron chi connectivity index (χ0n) is 13.9. The van der Waals surface area contributed by atoms with Gasteiger partial charge < -0.3 is 9.47 Å². The third kappa shape index (κ3) is 3.14. The van der Waals surface area contributed by atoms with Gasteiger partial charge in [0.2, 0.25) is 5.91 Å². The van der Waals surface area contributed by atoms with Crippen molar-refractivity contribution < 1.29 is 4.79 Å². The fourth-order valence-corrected chi connectivity index (χ4v) is 5.10. The minimum Gasteiger partial charge on any atom is -0.339 e. The van der Waals surface area contributed by atoms with Gasteiger partial charge in [0.25, 0.3) is 0 Å². The molecule has 2 heterocycles. The Kier molecular flexibility index (Phi) is 4.35. The molecule has 1 amide bonds. The molecule has 1 aliphatic heterocycles. The summed E-state index contributed by atoms with van der Waals surface area (Å²) in [5.74, 6) is 3.23. The highest BCUT2D eigenvalue weighted by Crippen LogP contribution is 2.40. The van der Waals surface area contributed by atoms with Crippen LogP contribution in [0.5, 0.6) is 0 Å². The van der Waals surface area contributed by atoms with E-state index in [-0.39, 0.29) is 0 Å². The maximum absolute atomic E-state index is 12.7. The molecular weight excluding hydrogens is 308 g/mol. The number of fused-ring (bicyclic) bond motifs is 1. The van der Waals surface area contributed by atoms with Crippen LogP contribution in [0.4, 0.5) is 0 Å². The quantitative estimate of drug-likeness (QED) is 0.794. The van der Waals surface area contributed by atoms with Crippen LogP contribution in [0.15, 0.2) is 5.16 Å². The van der Waals surface area contributed by atoms with Crippen molar-refractivity contribution in [1.29, 1.82) is 0 Å². The van der Waals surface area contributed by atoms with Crippen LogP contribution >= 0.6 is 11.8 Å². The van der Waals surface area contributed by atoms with Gasteiger partial charge in [-0.1, -0.05) is 24.6 Å². The summed E-state index contributed by atoms with van der Waals surface area (Å²) in [6.45, 7) is 0.951. The Bertz CT molecular complexity index is 581. The highest BCUT2D eigenvalue weighted by molar-refractivity contribution is 7.99. The minimum absolute atomic E-state index is 0.294. The average molecular weight is 334 g/mol. The van der Waals surface area contributed by atoms with Crippen molar-refractivity contribution in [2.45, 2.75) is 68.5 Å². The van der Waals surface area contributed by atoms with Crippen molar-refractivity contribution >= 4 is 17.7 Å². The molecule has 4 rings (SSSR count). The summed E-state index contributed by atoms with van der Waals surface area (Å²) in [6, 6.07) is 0.507. The Morgan fingerprint density at radius 1 is 1.13 bits per heavy atom. The van der Waals surface area contributed by atoms with Gasteiger partial charge in [0.1, 0.15) is 5.82 Å². The van der Waals surface area contributed by atoms with Crippen LogP contribution in [0.25, 0.3) is 0 Å². The Morgan fingerprint density at radius 2 is 1.91 bits per heavy atom. The van der Waals surface area contributed by atoms with Crippen molar-refractivity contribution in [3.8, 4) is 0 Å². The van der Waals surface area contributed by atoms with Crippen molar-refractivity contribution in [1.82, 2.24) is 19.7 Å². The molecule has 0 N–H and O–H groups in total. The van der Waals surface area contributed by atoms with Crippen molar-refractivity contribution in [2.24, 2.45) is 13.0 Å². The van der Waals surface area contributed by atoms with Gasteiger partial charge >= 0.3 is 0 Å². The lowest BCUT2D eigenvalue weighted by molar-refractivity contribution is -0.134. The van der Waals surface area contributed by atoms with E-state index in [1.807, 2.05) is 7.05 Å². The normalized spacial score (nSPS) is 27.8. The van der Waals surface area contributed by atoms with Crippen molar-refractivity contribution in [3.63, 3.8) is 0 Å². The van der Waals surface area contributed by atoms with Gasteiger partial charge in [-0.05, 0) is 44.4 Å². The summed E-state index contributed by atoms with van der Waals surface area (Å²) >= 11 is 1.55. The maximum atomic E-state index is 12.7. The largest absolute Gasteiger partial charge is 0.339 e. The molecule has 0 unspecified atom stereocenters. The summed E-state index contributed by atoms with van der Waals surface area (Å²) < 4.78 is 2.08. The molecule has 3 fully saturated rings. The second-order valence-electron chi connectivity index (χ2n) is 7.30. The van der Waals surface area contributed by atoms with E-state index in [0.29, 0.717) is 23.6 Å². The lowest BCUT2D eigenvalue weighted by Crippen LogP contribution is -2.50. The number of thioether (sulfide) groups is 1. The average Bonchev–Trinajstić information content (AvgIpc) is 3.36. The number of hydrogen-bond acceptors (Lipinski definition) is 4. The maximum Gasteiger partial charge on any atom is 0.233 e. The first-order valence-electron chi connectivity index (χ1n) is 9.05. The van der Waals surface area contributed by atoms with Crippen molar-refractivity contribution in [2.75, 3.05) is 12.3 Å². The molecule has 1 aromatic heterocycles. The molecule has 0 aromatic carbocycles. The molecular formula is C17H26N4OS. The topological polar surface area (TPSA) is 51.0 Å². The Hall–Kier alpha value is -1.04. The van der Waals surface area contributed by atoms with Crippen LogP contribution in [0.1, 0.15) is 63.1 Å². The van der Waals surface area contributed by atoms with Gasteiger partial charge in [-0.15, -0.1) is 10.2 Å². The fourth-order valence-electron chi connectivity index (χ4n) is 4.29. The number of rotatable bonds is 4. The van der Waals surface area contributed by atoms with Crippen LogP contribution < -0.4 is 0 Å². The predicted octanol–water partition coefficient (Wildman–Crippen LogP) is 2.97. The number of piperidine rings is 1. The van der Waals surface area contributed by atoms with Crippen LogP contribution in [0, 0.1) is 5.92 Å². The van der Waals surface area contributed by atoms with Gasteiger partial charge in [0.15, 0.2) is 5.16 Å². The zero-order valence-corrected chi connectivity index (χ0v) is 14.7. The molecule has 0 spiro atoms. The lowest BCUT2D eigenvalue weighted by Gasteiger charge is -2.44. The highest BCUT2D eigenvalue weighted by Gasteiger charge is 2.35. The Balaban J connectivity index is 1.37. The number of amides is 1. The van der Waals surface area contributed by atoms with E-state index in [2.05, 4.69) is 19.7 Å². The second kappa shape index (κ2) is 6.46. The van der Waals surface area contributed by atoms with Crippen molar-refractivity contribution in [3.05, 3.63) is 5.82 Å². The third-order valence-electron chi connectivity index (χ3n) is 5.70. The Morgan fingerprint density at radius 3 is 2.74 bits per heavy atom. The molecule has 1 saturated heterocycles. The second-order valence-corrected chi connectivity index (χ2v) is 8.25. The number of carbonyl (C=O) groups is 1. The van der Waals surface area contributed by atoms with Crippen LogP contribution in [0.3, 0.4) is 0 Å². The first-order valence-corrected chi connectivity index (χ1v) is 10.0. The number of carbonyl (C=O) groups excluding carboxylic acids is 1. The van der Waals surface area contributed by atoms with E-state index >= 15 is 0 Å². The summed E-state index contributed by atoms with van der Waals surface area (Å²) in [7, 11) is 2.03. The molecule has 6 heteroatoms. The van der Waals surface area contributed by atoms with Gasteiger partial charge in [0.05, 0.1) is 5.75 Å². The smallest absolute Gasteiger partial charge is 0.233 e. The van der Waals surface area contributed by atoms with E-state index in [1.165, 1.54) is 51.4 Å². The number of nitrogens with zero attached hydrogens (tertiary/aromatic N) is 4. The molecule has 2 saturated carbocycles. The summed E-state index contributed by atoms with van der Waals surface area (Å²) in [4.78, 5) is 14.9. The summed E-state index contributed by atoms with van der Waals surface area (Å²) in [5.41, 5.74) is 0. The SMILES string of the molecule is Cn1c(SCC(=O)N2CCC[C@H]3CCCC[C@@H]32)nnc1C1CC1. The van der Waals surface area contributed by atoms with E-state index in [0.717, 1.165) is 23.4 Å². The van der Waals surface area contributed by atoms with Gasteiger partial charge in [0, 0.05) is 25.6 Å². The number of hydrogen-bond donors (Lipinski definition) is 0. The van der Waals surface area contributed by atoms with Crippen LogP contribution in [-0.2, 0) is 11.8 Å². The summed E-state index contributed by atoms with van der Waals surface area (Å²) in [5, 5.41) is 9.47. The molecule has 23 heavy (non-hydrogen) atoms. The molecule has 3 aliphatic rings.